The highest BCUT2D eigenvalue weighted by Gasteiger charge is 2.52. The first kappa shape index (κ1) is 28.3. The highest BCUT2D eigenvalue weighted by atomic mass is 16.7. The average molecular weight is 474 g/mol. The zero-order valence-electron chi connectivity index (χ0n) is 19.9. The summed E-state index contributed by atoms with van der Waals surface area (Å²) in [6, 6.07) is 0. The van der Waals surface area contributed by atoms with E-state index in [-0.39, 0.29) is 18.9 Å². The molecule has 0 aromatic carbocycles. The van der Waals surface area contributed by atoms with Gasteiger partial charge in [0.1, 0.15) is 12.7 Å². The molecule has 33 heavy (non-hydrogen) atoms. The molecule has 0 saturated carbocycles. The van der Waals surface area contributed by atoms with Crippen molar-refractivity contribution < 1.29 is 47.7 Å². The molecule has 0 spiro atoms. The number of ether oxygens (including phenoxy) is 5. The highest BCUT2D eigenvalue weighted by molar-refractivity contribution is 5.76. The second-order valence-corrected chi connectivity index (χ2v) is 7.85. The van der Waals surface area contributed by atoms with Crippen LogP contribution in [0.2, 0.25) is 0 Å². The number of hydrogen-bond acceptors (Lipinski definition) is 10. The summed E-state index contributed by atoms with van der Waals surface area (Å²) in [7, 11) is 0. The molecule has 1 heterocycles. The van der Waals surface area contributed by atoms with Crippen LogP contribution in [-0.2, 0) is 47.7 Å². The smallest absolute Gasteiger partial charge is 0.303 e. The van der Waals surface area contributed by atoms with Crippen LogP contribution < -0.4 is 5.32 Å². The molecule has 1 aliphatic heterocycles. The first-order valence-corrected chi connectivity index (χ1v) is 11.1. The van der Waals surface area contributed by atoms with Crippen molar-refractivity contribution in [1.29, 1.82) is 0 Å². The lowest BCUT2D eigenvalue weighted by molar-refractivity contribution is -0.257. The molecule has 5 atom stereocenters. The Morgan fingerprint density at radius 2 is 1.27 bits per heavy atom. The van der Waals surface area contributed by atoms with Gasteiger partial charge in [0.15, 0.2) is 24.5 Å². The Bertz CT molecular complexity index is 695. The second kappa shape index (κ2) is 14.5. The number of carbonyl (C=O) groups excluding carboxylic acids is 5. The van der Waals surface area contributed by atoms with Crippen molar-refractivity contribution in [1.82, 2.24) is 5.32 Å². The zero-order valence-corrected chi connectivity index (χ0v) is 19.9. The van der Waals surface area contributed by atoms with Crippen LogP contribution in [0.1, 0.15) is 73.1 Å². The van der Waals surface area contributed by atoms with E-state index in [1.807, 2.05) is 0 Å². The standard InChI is InChI=1S/C22H35NO10/c1-6-7-8-9-10-11-18(28)23-22-21(32-16(5)27)20(31-15(4)26)19(30-14(3)25)17(33-22)12-29-13(2)24/h17,19-22H,6-12H2,1-5H3,(H,23,28)/t17-,19+,20+,21-,22-/m1/s1. The van der Waals surface area contributed by atoms with Crippen LogP contribution in [0.3, 0.4) is 0 Å². The number of unbranched alkanes of at least 4 members (excludes halogenated alkanes) is 4. The first-order chi connectivity index (χ1) is 15.5. The molecule has 0 radical (unpaired) electrons. The van der Waals surface area contributed by atoms with Gasteiger partial charge in [-0.3, -0.25) is 24.0 Å². The SMILES string of the molecule is CCCCCCCC(=O)N[C@@H]1O[C@H](COC(C)=O)[C@H](OC(C)=O)[C@H](OC(C)=O)[C@H]1OC(C)=O. The van der Waals surface area contributed by atoms with Gasteiger partial charge in [-0.1, -0.05) is 32.6 Å². The number of amides is 1. The zero-order chi connectivity index (χ0) is 25.0. The minimum Gasteiger partial charge on any atom is -0.463 e. The van der Waals surface area contributed by atoms with Gasteiger partial charge in [-0.25, -0.2) is 0 Å². The molecule has 0 aromatic rings. The third kappa shape index (κ3) is 10.6. The summed E-state index contributed by atoms with van der Waals surface area (Å²) in [5.41, 5.74) is 0. The Kier molecular flexibility index (Phi) is 12.4. The molecular weight excluding hydrogens is 438 g/mol. The van der Waals surface area contributed by atoms with Gasteiger partial charge in [0, 0.05) is 34.1 Å². The third-order valence-corrected chi connectivity index (χ3v) is 4.80. The quantitative estimate of drug-likeness (QED) is 0.252. The maximum atomic E-state index is 12.5. The number of carbonyl (C=O) groups is 5. The average Bonchev–Trinajstić information content (AvgIpc) is 2.69. The van der Waals surface area contributed by atoms with Crippen molar-refractivity contribution in [3.8, 4) is 0 Å². The number of esters is 4. The molecule has 188 valence electrons. The molecule has 0 aliphatic carbocycles. The molecule has 1 rings (SSSR count). The fourth-order valence-electron chi connectivity index (χ4n) is 3.46. The summed E-state index contributed by atoms with van der Waals surface area (Å²) < 4.78 is 26.8. The van der Waals surface area contributed by atoms with E-state index in [4.69, 9.17) is 23.7 Å². The van der Waals surface area contributed by atoms with Crippen LogP contribution in [0, 0.1) is 0 Å². The summed E-state index contributed by atoms with van der Waals surface area (Å²) >= 11 is 0. The molecule has 1 fully saturated rings. The predicted molar refractivity (Wildman–Crippen MR) is 113 cm³/mol. The van der Waals surface area contributed by atoms with Crippen molar-refractivity contribution in [3.05, 3.63) is 0 Å². The Morgan fingerprint density at radius 3 is 1.82 bits per heavy atom. The Hall–Kier alpha value is -2.69. The summed E-state index contributed by atoms with van der Waals surface area (Å²) in [5.74, 6) is -3.14. The third-order valence-electron chi connectivity index (χ3n) is 4.80. The van der Waals surface area contributed by atoms with Crippen LogP contribution >= 0.6 is 0 Å². The van der Waals surface area contributed by atoms with Crippen molar-refractivity contribution in [2.24, 2.45) is 0 Å². The van der Waals surface area contributed by atoms with E-state index in [0.29, 0.717) is 6.42 Å². The topological polar surface area (TPSA) is 144 Å². The van der Waals surface area contributed by atoms with Crippen molar-refractivity contribution in [2.45, 2.75) is 104 Å². The molecule has 1 N–H and O–H groups in total. The van der Waals surface area contributed by atoms with Crippen molar-refractivity contribution in [3.63, 3.8) is 0 Å². The largest absolute Gasteiger partial charge is 0.463 e. The maximum Gasteiger partial charge on any atom is 0.303 e. The summed E-state index contributed by atoms with van der Waals surface area (Å²) in [4.78, 5) is 59.1. The monoisotopic (exact) mass is 473 g/mol. The Balaban J connectivity index is 3.12. The summed E-state index contributed by atoms with van der Waals surface area (Å²) in [6.07, 6.45) is -1.23. The molecule has 0 aromatic heterocycles. The maximum absolute atomic E-state index is 12.5. The van der Waals surface area contributed by atoms with E-state index >= 15 is 0 Å². The van der Waals surface area contributed by atoms with E-state index in [1.165, 1.54) is 6.92 Å². The van der Waals surface area contributed by atoms with E-state index in [2.05, 4.69) is 12.2 Å². The van der Waals surface area contributed by atoms with Crippen LogP contribution in [0.5, 0.6) is 0 Å². The Labute approximate surface area is 193 Å². The number of rotatable bonds is 12. The van der Waals surface area contributed by atoms with E-state index < -0.39 is 54.5 Å². The van der Waals surface area contributed by atoms with Gasteiger partial charge in [0.05, 0.1) is 0 Å². The van der Waals surface area contributed by atoms with Crippen LogP contribution in [0.4, 0.5) is 0 Å². The lowest BCUT2D eigenvalue weighted by atomic mass is 9.97. The van der Waals surface area contributed by atoms with Gasteiger partial charge in [-0.15, -0.1) is 0 Å². The molecule has 1 amide bonds. The molecule has 0 unspecified atom stereocenters. The second-order valence-electron chi connectivity index (χ2n) is 7.85. The van der Waals surface area contributed by atoms with Gasteiger partial charge < -0.3 is 29.0 Å². The highest BCUT2D eigenvalue weighted by Crippen LogP contribution is 2.28. The molecule has 11 heteroatoms. The van der Waals surface area contributed by atoms with Crippen LogP contribution in [-0.4, -0.2) is 67.0 Å². The van der Waals surface area contributed by atoms with E-state index in [0.717, 1.165) is 46.5 Å². The van der Waals surface area contributed by atoms with E-state index in [9.17, 15) is 24.0 Å². The lowest BCUT2D eigenvalue weighted by Gasteiger charge is -2.44. The normalized spacial score (nSPS) is 24.3. The molecular formula is C22H35NO10. The van der Waals surface area contributed by atoms with Gasteiger partial charge >= 0.3 is 23.9 Å². The fourth-order valence-corrected chi connectivity index (χ4v) is 3.46. The first-order valence-electron chi connectivity index (χ1n) is 11.1. The minimum absolute atomic E-state index is 0.219. The van der Waals surface area contributed by atoms with Crippen molar-refractivity contribution in [2.75, 3.05) is 6.61 Å². The van der Waals surface area contributed by atoms with Crippen LogP contribution in [0.25, 0.3) is 0 Å². The number of hydrogen-bond donors (Lipinski definition) is 1. The predicted octanol–water partition coefficient (Wildman–Crippen LogP) is 1.55. The Morgan fingerprint density at radius 1 is 0.727 bits per heavy atom. The summed E-state index contributed by atoms with van der Waals surface area (Å²) in [6.45, 7) is 6.35. The van der Waals surface area contributed by atoms with Gasteiger partial charge in [0.25, 0.3) is 0 Å². The lowest BCUT2D eigenvalue weighted by Crippen LogP contribution is -2.66. The molecule has 0 bridgehead atoms. The molecule has 1 saturated heterocycles. The fraction of sp³-hybridized carbons (Fsp3) is 0.773. The molecule has 11 nitrogen and oxygen atoms in total. The van der Waals surface area contributed by atoms with Gasteiger partial charge in [-0.2, -0.15) is 0 Å². The van der Waals surface area contributed by atoms with Crippen molar-refractivity contribution >= 4 is 29.8 Å². The molecule has 1 aliphatic rings. The van der Waals surface area contributed by atoms with Gasteiger partial charge in [-0.05, 0) is 6.42 Å². The van der Waals surface area contributed by atoms with Gasteiger partial charge in [0.2, 0.25) is 5.91 Å². The van der Waals surface area contributed by atoms with E-state index in [1.54, 1.807) is 0 Å². The van der Waals surface area contributed by atoms with Crippen LogP contribution in [0.15, 0.2) is 0 Å². The summed E-state index contributed by atoms with van der Waals surface area (Å²) in [5, 5.41) is 2.65. The number of nitrogens with one attached hydrogen (secondary N) is 1. The minimum atomic E-state index is -1.31.